The molecule has 0 aromatic heterocycles. The maximum Gasteiger partial charge on any atom is 0.119 e. The Morgan fingerprint density at radius 2 is 1.76 bits per heavy atom. The van der Waals surface area contributed by atoms with Gasteiger partial charge in [-0.3, -0.25) is 0 Å². The fourth-order valence-electron chi connectivity index (χ4n) is 2.30. The zero-order valence-corrected chi connectivity index (χ0v) is 14.0. The smallest absolute Gasteiger partial charge is 0.119 e. The van der Waals surface area contributed by atoms with Gasteiger partial charge in [0.15, 0.2) is 0 Å². The number of nitrogens with one attached hydrogen (secondary N) is 1. The summed E-state index contributed by atoms with van der Waals surface area (Å²) < 4.78 is 11.5. The highest BCUT2D eigenvalue weighted by Gasteiger charge is 2.13. The minimum absolute atomic E-state index is 0.250. The van der Waals surface area contributed by atoms with Crippen LogP contribution in [0.25, 0.3) is 0 Å². The van der Waals surface area contributed by atoms with E-state index in [0.29, 0.717) is 12.7 Å². The van der Waals surface area contributed by atoms with Gasteiger partial charge in [0.1, 0.15) is 5.75 Å². The first-order valence-electron chi connectivity index (χ1n) is 8.28. The van der Waals surface area contributed by atoms with Crippen molar-refractivity contribution in [2.45, 2.75) is 59.1 Å². The summed E-state index contributed by atoms with van der Waals surface area (Å²) in [5.41, 5.74) is 1.26. The lowest BCUT2D eigenvalue weighted by molar-refractivity contribution is 0.0440. The lowest BCUT2D eigenvalue weighted by Gasteiger charge is -2.22. The molecule has 2 unspecified atom stereocenters. The number of hydrogen-bond acceptors (Lipinski definition) is 3. The summed E-state index contributed by atoms with van der Waals surface area (Å²) in [6.07, 6.45) is 3.72. The van der Waals surface area contributed by atoms with Crippen LogP contribution in [-0.4, -0.2) is 25.9 Å². The number of rotatable bonds is 11. The molecule has 0 amide bonds. The molecular formula is C18H31NO2. The predicted molar refractivity (Wildman–Crippen MR) is 89.0 cm³/mol. The van der Waals surface area contributed by atoms with Crippen molar-refractivity contribution in [3.05, 3.63) is 29.8 Å². The third-order valence-electron chi connectivity index (χ3n) is 3.48. The Bertz CT molecular complexity index is 364. The van der Waals surface area contributed by atoms with Crippen molar-refractivity contribution in [2.24, 2.45) is 0 Å². The van der Waals surface area contributed by atoms with Gasteiger partial charge in [-0.2, -0.15) is 0 Å². The summed E-state index contributed by atoms with van der Waals surface area (Å²) in [5.74, 6) is 0.927. The average molecular weight is 293 g/mol. The average Bonchev–Trinajstić information content (AvgIpc) is 2.49. The van der Waals surface area contributed by atoms with Crippen LogP contribution in [0.2, 0.25) is 0 Å². The van der Waals surface area contributed by atoms with Crippen molar-refractivity contribution in [3.63, 3.8) is 0 Å². The topological polar surface area (TPSA) is 30.5 Å². The Labute approximate surface area is 130 Å². The van der Waals surface area contributed by atoms with Crippen LogP contribution in [0.5, 0.6) is 5.75 Å². The quantitative estimate of drug-likeness (QED) is 0.658. The Balaban J connectivity index is 2.62. The molecule has 0 aliphatic carbocycles. The van der Waals surface area contributed by atoms with Crippen LogP contribution in [0.3, 0.4) is 0 Å². The van der Waals surface area contributed by atoms with Gasteiger partial charge in [-0.15, -0.1) is 0 Å². The first kappa shape index (κ1) is 18.0. The Morgan fingerprint density at radius 1 is 1.05 bits per heavy atom. The van der Waals surface area contributed by atoms with Crippen LogP contribution in [0.15, 0.2) is 24.3 Å². The molecule has 0 bridgehead atoms. The molecule has 0 saturated heterocycles. The van der Waals surface area contributed by atoms with E-state index in [-0.39, 0.29) is 6.04 Å². The molecular weight excluding hydrogens is 262 g/mol. The first-order chi connectivity index (χ1) is 10.2. The number of ether oxygens (including phenoxy) is 2. The molecule has 1 N–H and O–H groups in total. The van der Waals surface area contributed by atoms with Gasteiger partial charge in [0.05, 0.1) is 25.4 Å². The molecule has 0 radical (unpaired) electrons. The highest BCUT2D eigenvalue weighted by atomic mass is 16.5. The molecule has 3 heteroatoms. The van der Waals surface area contributed by atoms with Gasteiger partial charge in [-0.05, 0) is 50.9 Å². The summed E-state index contributed by atoms with van der Waals surface area (Å²) in [6, 6.07) is 8.59. The van der Waals surface area contributed by atoms with Crippen LogP contribution in [0.4, 0.5) is 0 Å². The van der Waals surface area contributed by atoms with Crippen molar-refractivity contribution >= 4 is 0 Å². The maximum atomic E-state index is 5.98. The van der Waals surface area contributed by atoms with Gasteiger partial charge in [0.25, 0.3) is 0 Å². The molecule has 0 aliphatic rings. The van der Waals surface area contributed by atoms with E-state index in [0.717, 1.165) is 38.2 Å². The minimum Gasteiger partial charge on any atom is -0.494 e. The van der Waals surface area contributed by atoms with Gasteiger partial charge in [0, 0.05) is 0 Å². The third kappa shape index (κ3) is 6.96. The highest BCUT2D eigenvalue weighted by molar-refractivity contribution is 5.29. The van der Waals surface area contributed by atoms with Crippen molar-refractivity contribution in [1.29, 1.82) is 0 Å². The van der Waals surface area contributed by atoms with Crippen LogP contribution < -0.4 is 10.1 Å². The lowest BCUT2D eigenvalue weighted by atomic mass is 10.1. The van der Waals surface area contributed by atoms with E-state index < -0.39 is 0 Å². The first-order valence-corrected chi connectivity index (χ1v) is 8.28. The van der Waals surface area contributed by atoms with Gasteiger partial charge in [-0.25, -0.2) is 0 Å². The molecule has 21 heavy (non-hydrogen) atoms. The maximum absolute atomic E-state index is 5.98. The molecule has 0 saturated carbocycles. The van der Waals surface area contributed by atoms with E-state index >= 15 is 0 Å². The van der Waals surface area contributed by atoms with Crippen molar-refractivity contribution < 1.29 is 9.47 Å². The zero-order valence-electron chi connectivity index (χ0n) is 14.0. The van der Waals surface area contributed by atoms with E-state index in [1.165, 1.54) is 5.56 Å². The molecule has 0 heterocycles. The Kier molecular flexibility index (Phi) is 9.11. The molecule has 1 aromatic rings. The molecule has 120 valence electrons. The van der Waals surface area contributed by atoms with Gasteiger partial charge >= 0.3 is 0 Å². The van der Waals surface area contributed by atoms with Gasteiger partial charge in [0.2, 0.25) is 0 Å². The summed E-state index contributed by atoms with van der Waals surface area (Å²) in [5, 5.41) is 3.57. The number of hydrogen-bond donors (Lipinski definition) is 1. The zero-order chi connectivity index (χ0) is 15.5. The van der Waals surface area contributed by atoms with Gasteiger partial charge < -0.3 is 14.8 Å². The highest BCUT2D eigenvalue weighted by Crippen LogP contribution is 2.19. The SMILES string of the molecule is CCCNC(COC(C)CCC)c1ccc(OCC)cc1. The van der Waals surface area contributed by atoms with Crippen LogP contribution in [-0.2, 0) is 4.74 Å². The molecule has 2 atom stereocenters. The summed E-state index contributed by atoms with van der Waals surface area (Å²) in [4.78, 5) is 0. The second-order valence-corrected chi connectivity index (χ2v) is 5.44. The van der Waals surface area contributed by atoms with E-state index in [4.69, 9.17) is 9.47 Å². The molecule has 1 aromatic carbocycles. The van der Waals surface area contributed by atoms with Crippen LogP contribution >= 0.6 is 0 Å². The molecule has 0 aliphatic heterocycles. The largest absolute Gasteiger partial charge is 0.494 e. The standard InChI is InChI=1S/C18H31NO2/c1-5-8-15(4)21-14-18(19-13-6-2)16-9-11-17(12-10-16)20-7-3/h9-12,15,18-19H,5-8,13-14H2,1-4H3. The Morgan fingerprint density at radius 3 is 2.33 bits per heavy atom. The van der Waals surface area contributed by atoms with Crippen molar-refractivity contribution in [2.75, 3.05) is 19.8 Å². The van der Waals surface area contributed by atoms with E-state index in [1.54, 1.807) is 0 Å². The summed E-state index contributed by atoms with van der Waals surface area (Å²) in [6.45, 7) is 11.0. The van der Waals surface area contributed by atoms with E-state index in [2.05, 4.69) is 38.2 Å². The summed E-state index contributed by atoms with van der Waals surface area (Å²) in [7, 11) is 0. The predicted octanol–water partition coefficient (Wildman–Crippen LogP) is 4.33. The normalized spacial score (nSPS) is 13.9. The molecule has 0 fully saturated rings. The van der Waals surface area contributed by atoms with E-state index in [1.807, 2.05) is 19.1 Å². The summed E-state index contributed by atoms with van der Waals surface area (Å²) >= 11 is 0. The van der Waals surface area contributed by atoms with E-state index in [9.17, 15) is 0 Å². The molecule has 0 spiro atoms. The van der Waals surface area contributed by atoms with Crippen LogP contribution in [0, 0.1) is 0 Å². The fraction of sp³-hybridized carbons (Fsp3) is 0.667. The minimum atomic E-state index is 0.250. The van der Waals surface area contributed by atoms with Gasteiger partial charge in [-0.1, -0.05) is 32.4 Å². The van der Waals surface area contributed by atoms with Crippen LogP contribution in [0.1, 0.15) is 58.6 Å². The monoisotopic (exact) mass is 293 g/mol. The fourth-order valence-corrected chi connectivity index (χ4v) is 2.30. The Hall–Kier alpha value is -1.06. The number of benzene rings is 1. The van der Waals surface area contributed by atoms with Crippen molar-refractivity contribution in [3.8, 4) is 5.75 Å². The molecule has 3 nitrogen and oxygen atoms in total. The molecule has 1 rings (SSSR count). The third-order valence-corrected chi connectivity index (χ3v) is 3.48. The van der Waals surface area contributed by atoms with Crippen molar-refractivity contribution in [1.82, 2.24) is 5.32 Å². The second kappa shape index (κ2) is 10.6. The second-order valence-electron chi connectivity index (χ2n) is 5.44. The lowest BCUT2D eigenvalue weighted by Crippen LogP contribution is -2.28.